The summed E-state index contributed by atoms with van der Waals surface area (Å²) in [6.45, 7) is 2.18. The van der Waals surface area contributed by atoms with Crippen molar-refractivity contribution in [2.24, 2.45) is 0 Å². The molecule has 0 aromatic carbocycles. The molecule has 1 N–H and O–H groups in total. The van der Waals surface area contributed by atoms with Crippen LogP contribution in [0.2, 0.25) is 0 Å². The predicted molar refractivity (Wildman–Crippen MR) is 73.8 cm³/mol. The number of rotatable bonds is 4. The minimum Gasteiger partial charge on any atom is -0.358 e. The molecule has 0 atom stereocenters. The SMILES string of the molecule is Cc1cnc(CNc2nc3sccn3c2[N+](=O)[O-])cn1. The van der Waals surface area contributed by atoms with Crippen LogP contribution in [0, 0.1) is 17.0 Å². The van der Waals surface area contributed by atoms with E-state index >= 15 is 0 Å². The summed E-state index contributed by atoms with van der Waals surface area (Å²) in [5.74, 6) is 0.172. The van der Waals surface area contributed by atoms with Crippen LogP contribution in [0.15, 0.2) is 24.0 Å². The first-order valence-corrected chi connectivity index (χ1v) is 6.64. The molecule has 3 aromatic heterocycles. The highest BCUT2D eigenvalue weighted by Crippen LogP contribution is 2.28. The average molecular weight is 290 g/mol. The normalized spacial score (nSPS) is 10.8. The third kappa shape index (κ3) is 2.18. The summed E-state index contributed by atoms with van der Waals surface area (Å²) in [7, 11) is 0. The van der Waals surface area contributed by atoms with E-state index in [4.69, 9.17) is 0 Å². The molecule has 0 amide bonds. The van der Waals surface area contributed by atoms with E-state index < -0.39 is 4.92 Å². The highest BCUT2D eigenvalue weighted by atomic mass is 32.1. The molecule has 102 valence electrons. The number of hydrogen-bond acceptors (Lipinski definition) is 7. The average Bonchev–Trinajstić information content (AvgIpc) is 2.97. The largest absolute Gasteiger partial charge is 0.372 e. The minimum atomic E-state index is -0.449. The summed E-state index contributed by atoms with van der Waals surface area (Å²) < 4.78 is 1.45. The Hall–Kier alpha value is -2.55. The predicted octanol–water partition coefficient (Wildman–Crippen LogP) is 2.01. The fraction of sp³-hybridized carbons (Fsp3) is 0.182. The molecule has 0 saturated carbocycles. The van der Waals surface area contributed by atoms with Gasteiger partial charge in [-0.2, -0.15) is 9.38 Å². The van der Waals surface area contributed by atoms with Gasteiger partial charge in [-0.15, -0.1) is 0 Å². The zero-order chi connectivity index (χ0) is 14.1. The third-order valence-electron chi connectivity index (χ3n) is 2.68. The molecule has 9 heteroatoms. The number of fused-ring (bicyclic) bond motifs is 1. The molecular formula is C11H10N6O2S. The number of imidazole rings is 1. The fourth-order valence-electron chi connectivity index (χ4n) is 1.75. The number of nitro groups is 1. The molecule has 0 radical (unpaired) electrons. The van der Waals surface area contributed by atoms with Crippen LogP contribution in [0.5, 0.6) is 0 Å². The Morgan fingerprint density at radius 2 is 2.30 bits per heavy atom. The summed E-state index contributed by atoms with van der Waals surface area (Å²) in [6, 6.07) is 0. The van der Waals surface area contributed by atoms with Gasteiger partial charge in [0.1, 0.15) is 6.20 Å². The summed E-state index contributed by atoms with van der Waals surface area (Å²) in [6.07, 6.45) is 4.91. The van der Waals surface area contributed by atoms with Crippen molar-refractivity contribution in [1.82, 2.24) is 19.4 Å². The van der Waals surface area contributed by atoms with Gasteiger partial charge in [0.2, 0.25) is 5.82 Å². The van der Waals surface area contributed by atoms with Crippen molar-refractivity contribution in [2.45, 2.75) is 13.5 Å². The van der Waals surface area contributed by atoms with Gasteiger partial charge < -0.3 is 15.4 Å². The van der Waals surface area contributed by atoms with Crippen molar-refractivity contribution in [2.75, 3.05) is 5.32 Å². The molecule has 0 aliphatic carbocycles. The lowest BCUT2D eigenvalue weighted by molar-refractivity contribution is -0.389. The number of nitrogens with one attached hydrogen (secondary N) is 1. The maximum atomic E-state index is 11.1. The van der Waals surface area contributed by atoms with E-state index in [1.54, 1.807) is 24.0 Å². The molecule has 0 unspecified atom stereocenters. The number of aromatic nitrogens is 4. The van der Waals surface area contributed by atoms with Crippen LogP contribution in [0.3, 0.4) is 0 Å². The molecule has 3 heterocycles. The van der Waals surface area contributed by atoms with Crippen molar-refractivity contribution < 1.29 is 4.92 Å². The molecule has 0 bridgehead atoms. The summed E-state index contributed by atoms with van der Waals surface area (Å²) >= 11 is 1.34. The summed E-state index contributed by atoms with van der Waals surface area (Å²) in [4.78, 5) is 23.8. The van der Waals surface area contributed by atoms with Crippen molar-refractivity contribution in [3.05, 3.63) is 45.5 Å². The van der Waals surface area contributed by atoms with Crippen molar-refractivity contribution in [3.8, 4) is 0 Å². The smallest absolute Gasteiger partial charge is 0.358 e. The Balaban J connectivity index is 1.87. The number of anilines is 1. The molecule has 0 saturated heterocycles. The maximum absolute atomic E-state index is 11.1. The zero-order valence-corrected chi connectivity index (χ0v) is 11.3. The van der Waals surface area contributed by atoms with Gasteiger partial charge in [-0.05, 0) is 11.8 Å². The second kappa shape index (κ2) is 4.85. The van der Waals surface area contributed by atoms with Gasteiger partial charge in [-0.1, -0.05) is 11.3 Å². The lowest BCUT2D eigenvalue weighted by Crippen LogP contribution is -2.05. The first-order chi connectivity index (χ1) is 9.65. The topological polar surface area (TPSA) is 98.2 Å². The number of nitrogens with zero attached hydrogens (tertiary/aromatic N) is 5. The second-order valence-electron chi connectivity index (χ2n) is 4.10. The Kier molecular flexibility index (Phi) is 3.03. The molecule has 20 heavy (non-hydrogen) atoms. The molecule has 0 aliphatic heterocycles. The number of thiazole rings is 1. The van der Waals surface area contributed by atoms with Crippen molar-refractivity contribution in [1.29, 1.82) is 0 Å². The maximum Gasteiger partial charge on any atom is 0.372 e. The van der Waals surface area contributed by atoms with Gasteiger partial charge in [0.05, 0.1) is 24.1 Å². The standard InChI is InChI=1S/C11H10N6O2S/c1-7-4-13-8(5-12-7)6-14-9-10(17(18)19)16-2-3-20-11(16)15-9/h2-5,14H,6H2,1H3. The third-order valence-corrected chi connectivity index (χ3v) is 3.44. The lowest BCUT2D eigenvalue weighted by atomic mass is 10.4. The lowest BCUT2D eigenvalue weighted by Gasteiger charge is -2.02. The Morgan fingerprint density at radius 1 is 1.45 bits per heavy atom. The zero-order valence-electron chi connectivity index (χ0n) is 10.5. The van der Waals surface area contributed by atoms with Crippen LogP contribution in [0.25, 0.3) is 4.96 Å². The van der Waals surface area contributed by atoms with E-state index in [1.165, 1.54) is 15.7 Å². The molecule has 3 rings (SSSR count). The van der Waals surface area contributed by atoms with Crippen LogP contribution in [-0.4, -0.2) is 24.3 Å². The highest BCUT2D eigenvalue weighted by molar-refractivity contribution is 7.15. The Bertz CT molecular complexity index is 763. The van der Waals surface area contributed by atoms with Gasteiger partial charge >= 0.3 is 5.82 Å². The first kappa shape index (κ1) is 12.5. The van der Waals surface area contributed by atoms with Gasteiger partial charge in [0.15, 0.2) is 0 Å². The molecule has 3 aromatic rings. The van der Waals surface area contributed by atoms with Gasteiger partial charge in [0, 0.05) is 11.6 Å². The highest BCUT2D eigenvalue weighted by Gasteiger charge is 2.23. The summed E-state index contributed by atoms with van der Waals surface area (Å²) in [5.41, 5.74) is 1.52. The molecule has 0 aliphatic rings. The van der Waals surface area contributed by atoms with Crippen LogP contribution < -0.4 is 5.32 Å². The van der Waals surface area contributed by atoms with E-state index in [0.717, 1.165) is 5.69 Å². The van der Waals surface area contributed by atoms with E-state index in [1.807, 2.05) is 6.92 Å². The number of aryl methyl sites for hydroxylation is 1. The van der Waals surface area contributed by atoms with Crippen LogP contribution >= 0.6 is 11.3 Å². The molecular weight excluding hydrogens is 280 g/mol. The van der Waals surface area contributed by atoms with E-state index in [2.05, 4.69) is 20.3 Å². The van der Waals surface area contributed by atoms with E-state index in [-0.39, 0.29) is 11.6 Å². The first-order valence-electron chi connectivity index (χ1n) is 5.76. The molecule has 0 spiro atoms. The Morgan fingerprint density at radius 3 is 3.00 bits per heavy atom. The van der Waals surface area contributed by atoms with E-state index in [0.29, 0.717) is 17.2 Å². The quantitative estimate of drug-likeness (QED) is 0.583. The number of hydrogen-bond donors (Lipinski definition) is 1. The van der Waals surface area contributed by atoms with Crippen LogP contribution in [-0.2, 0) is 6.54 Å². The van der Waals surface area contributed by atoms with Gasteiger partial charge in [-0.3, -0.25) is 9.97 Å². The monoisotopic (exact) mass is 290 g/mol. The molecule has 0 fully saturated rings. The fourth-order valence-corrected chi connectivity index (χ4v) is 2.46. The second-order valence-corrected chi connectivity index (χ2v) is 4.97. The van der Waals surface area contributed by atoms with Gasteiger partial charge in [0.25, 0.3) is 4.96 Å². The van der Waals surface area contributed by atoms with Gasteiger partial charge in [-0.25, -0.2) is 0 Å². The van der Waals surface area contributed by atoms with Crippen LogP contribution in [0.4, 0.5) is 11.6 Å². The summed E-state index contributed by atoms with van der Waals surface area (Å²) in [5, 5.41) is 15.8. The van der Waals surface area contributed by atoms with Crippen molar-refractivity contribution in [3.63, 3.8) is 0 Å². The van der Waals surface area contributed by atoms with Crippen LogP contribution in [0.1, 0.15) is 11.4 Å². The minimum absolute atomic E-state index is 0.0682. The molecule has 8 nitrogen and oxygen atoms in total. The van der Waals surface area contributed by atoms with Crippen molar-refractivity contribution >= 4 is 27.9 Å². The Labute approximate surface area is 117 Å². The van der Waals surface area contributed by atoms with E-state index in [9.17, 15) is 10.1 Å².